The van der Waals surface area contributed by atoms with Crippen LogP contribution >= 0.6 is 0 Å². The van der Waals surface area contributed by atoms with Crippen molar-refractivity contribution in [1.82, 2.24) is 0 Å². The summed E-state index contributed by atoms with van der Waals surface area (Å²) >= 11 is 0. The minimum absolute atomic E-state index is 0.0278. The molecule has 0 fully saturated rings. The highest BCUT2D eigenvalue weighted by atomic mass is 16.5. The molecule has 1 heterocycles. The minimum Gasteiger partial charge on any atom is -0.491 e. The van der Waals surface area contributed by atoms with Gasteiger partial charge in [-0.1, -0.05) is 31.5 Å². The number of carboxylic acid groups (broad SMARTS) is 1. The van der Waals surface area contributed by atoms with Gasteiger partial charge in [0.25, 0.3) is 0 Å². The topological polar surface area (TPSA) is 106 Å². The lowest BCUT2D eigenvalue weighted by Gasteiger charge is -2.15. The number of carboxylic acids is 1. The molecule has 0 aliphatic carbocycles. The fraction of sp³-hybridized carbons (Fsp3) is 0.273. The highest BCUT2D eigenvalue weighted by Crippen LogP contribution is 2.21. The summed E-state index contributed by atoms with van der Waals surface area (Å²) in [5.74, 6) is -0.635. The number of fused-ring (bicyclic) bond motifs is 1. The second-order valence-electron chi connectivity index (χ2n) is 6.57. The van der Waals surface area contributed by atoms with Gasteiger partial charge in [-0.25, -0.2) is 4.79 Å². The van der Waals surface area contributed by atoms with E-state index in [9.17, 15) is 14.7 Å². The van der Waals surface area contributed by atoms with E-state index in [1.807, 2.05) is 24.3 Å². The molecule has 1 atom stereocenters. The molecular formula is C22H22O7. The number of aliphatic hydroxyl groups is 1. The highest BCUT2D eigenvalue weighted by Gasteiger charge is 2.13. The summed E-state index contributed by atoms with van der Waals surface area (Å²) in [6.07, 6.45) is 1.02. The smallest absolute Gasteiger partial charge is 0.371 e. The number of ether oxygens (including phenoxy) is 2. The molecule has 7 nitrogen and oxygen atoms in total. The van der Waals surface area contributed by atoms with E-state index in [2.05, 4.69) is 6.92 Å². The van der Waals surface area contributed by atoms with Gasteiger partial charge in [0.1, 0.15) is 36.4 Å². The Balaban J connectivity index is 1.61. The maximum absolute atomic E-state index is 12.1. The second-order valence-corrected chi connectivity index (χ2v) is 6.57. The van der Waals surface area contributed by atoms with Crippen LogP contribution in [0.15, 0.2) is 57.7 Å². The van der Waals surface area contributed by atoms with Gasteiger partial charge >= 0.3 is 5.97 Å². The lowest BCUT2D eigenvalue weighted by Crippen LogP contribution is -2.25. The second kappa shape index (κ2) is 9.25. The first-order chi connectivity index (χ1) is 14.0. The number of benzene rings is 2. The normalized spacial score (nSPS) is 11.9. The van der Waals surface area contributed by atoms with E-state index in [1.165, 1.54) is 12.1 Å². The van der Waals surface area contributed by atoms with Crippen molar-refractivity contribution in [1.29, 1.82) is 0 Å². The number of aliphatic hydroxyl groups excluding tert-OH is 1. The Bertz CT molecular complexity index is 1050. The SMILES string of the molecule is CCCc1ccccc1OCC(O)COc1ccc2oc(C(=O)O)cc(=O)c2c1. The zero-order valence-electron chi connectivity index (χ0n) is 16.0. The monoisotopic (exact) mass is 398 g/mol. The summed E-state index contributed by atoms with van der Waals surface area (Å²) < 4.78 is 16.4. The Kier molecular flexibility index (Phi) is 6.51. The van der Waals surface area contributed by atoms with Gasteiger partial charge in [0.15, 0.2) is 5.43 Å². The summed E-state index contributed by atoms with van der Waals surface area (Å²) in [5, 5.41) is 19.3. The molecule has 0 saturated heterocycles. The van der Waals surface area contributed by atoms with Crippen LogP contribution in [-0.4, -0.2) is 35.5 Å². The molecule has 0 saturated carbocycles. The first-order valence-corrected chi connectivity index (χ1v) is 9.30. The number of aromatic carboxylic acids is 1. The molecule has 29 heavy (non-hydrogen) atoms. The van der Waals surface area contributed by atoms with Crippen molar-refractivity contribution in [2.24, 2.45) is 0 Å². The van der Waals surface area contributed by atoms with E-state index in [-0.39, 0.29) is 24.2 Å². The average Bonchev–Trinajstić information content (AvgIpc) is 2.71. The third-order valence-corrected chi connectivity index (χ3v) is 4.27. The average molecular weight is 398 g/mol. The number of rotatable bonds is 9. The van der Waals surface area contributed by atoms with Crippen molar-refractivity contribution in [3.05, 3.63) is 70.1 Å². The number of hydrogen-bond donors (Lipinski definition) is 2. The number of hydrogen-bond acceptors (Lipinski definition) is 6. The first-order valence-electron chi connectivity index (χ1n) is 9.30. The molecule has 7 heteroatoms. The molecule has 1 unspecified atom stereocenters. The molecule has 3 aromatic rings. The summed E-state index contributed by atoms with van der Waals surface area (Å²) in [5.41, 5.74) is 0.759. The predicted molar refractivity (Wildman–Crippen MR) is 107 cm³/mol. The predicted octanol–water partition coefficient (Wildman–Crippen LogP) is 3.26. The van der Waals surface area contributed by atoms with E-state index in [0.717, 1.165) is 30.2 Å². The molecule has 3 rings (SSSR count). The zero-order valence-corrected chi connectivity index (χ0v) is 16.0. The van der Waals surface area contributed by atoms with Crippen LogP contribution in [0.2, 0.25) is 0 Å². The molecule has 2 N–H and O–H groups in total. The Morgan fingerprint density at radius 1 is 1.10 bits per heavy atom. The lowest BCUT2D eigenvalue weighted by molar-refractivity contribution is 0.0623. The van der Waals surface area contributed by atoms with Crippen molar-refractivity contribution in [3.63, 3.8) is 0 Å². The fourth-order valence-electron chi connectivity index (χ4n) is 2.88. The highest BCUT2D eigenvalue weighted by molar-refractivity contribution is 5.87. The molecule has 0 spiro atoms. The minimum atomic E-state index is -1.31. The van der Waals surface area contributed by atoms with Gasteiger partial charge in [-0.15, -0.1) is 0 Å². The van der Waals surface area contributed by atoms with Gasteiger partial charge in [-0.05, 0) is 36.2 Å². The third kappa shape index (κ3) is 5.14. The Morgan fingerprint density at radius 2 is 1.86 bits per heavy atom. The molecule has 0 aliphatic heterocycles. The Hall–Kier alpha value is -3.32. The van der Waals surface area contributed by atoms with E-state index in [1.54, 1.807) is 6.07 Å². The van der Waals surface area contributed by atoms with Crippen LogP contribution < -0.4 is 14.9 Å². The van der Waals surface area contributed by atoms with Gasteiger partial charge in [0, 0.05) is 6.07 Å². The maximum Gasteiger partial charge on any atom is 0.371 e. The molecule has 152 valence electrons. The summed E-state index contributed by atoms with van der Waals surface area (Å²) in [6.45, 7) is 2.13. The summed E-state index contributed by atoms with van der Waals surface area (Å²) in [4.78, 5) is 23.1. The molecule has 1 aromatic heterocycles. The molecule has 2 aromatic carbocycles. The molecular weight excluding hydrogens is 376 g/mol. The van der Waals surface area contributed by atoms with Crippen LogP contribution in [0, 0.1) is 0 Å². The maximum atomic E-state index is 12.1. The van der Waals surface area contributed by atoms with Crippen LogP contribution in [0.4, 0.5) is 0 Å². The third-order valence-electron chi connectivity index (χ3n) is 4.27. The van der Waals surface area contributed by atoms with Crippen LogP contribution in [0.3, 0.4) is 0 Å². The van der Waals surface area contributed by atoms with Crippen molar-refractivity contribution in [2.75, 3.05) is 13.2 Å². The van der Waals surface area contributed by atoms with Crippen molar-refractivity contribution in [3.8, 4) is 11.5 Å². The van der Waals surface area contributed by atoms with E-state index >= 15 is 0 Å². The van der Waals surface area contributed by atoms with Gasteiger partial charge in [0.2, 0.25) is 5.76 Å². The lowest BCUT2D eigenvalue weighted by atomic mass is 10.1. The number of aryl methyl sites for hydroxylation is 1. The van der Waals surface area contributed by atoms with Gasteiger partial charge < -0.3 is 24.1 Å². The van der Waals surface area contributed by atoms with Crippen LogP contribution in [0.5, 0.6) is 11.5 Å². The van der Waals surface area contributed by atoms with Crippen molar-refractivity contribution in [2.45, 2.75) is 25.9 Å². The van der Waals surface area contributed by atoms with E-state index < -0.39 is 23.3 Å². The standard InChI is InChI=1S/C22H22O7/c1-2-5-14-6-3-4-7-19(14)28-13-15(23)12-27-16-8-9-20-17(10-16)18(24)11-21(29-20)22(25)26/h3-4,6-11,15,23H,2,5,12-13H2,1H3,(H,25,26). The van der Waals surface area contributed by atoms with Crippen LogP contribution in [0.25, 0.3) is 11.0 Å². The van der Waals surface area contributed by atoms with Crippen LogP contribution in [-0.2, 0) is 6.42 Å². The summed E-state index contributed by atoms with van der Waals surface area (Å²) in [7, 11) is 0. The zero-order chi connectivity index (χ0) is 20.8. The Labute approximate surface area is 167 Å². The van der Waals surface area contributed by atoms with Crippen LogP contribution in [0.1, 0.15) is 29.5 Å². The molecule has 0 bridgehead atoms. The van der Waals surface area contributed by atoms with Crippen molar-refractivity contribution < 1.29 is 28.9 Å². The molecule has 0 amide bonds. The Morgan fingerprint density at radius 3 is 2.62 bits per heavy atom. The van der Waals surface area contributed by atoms with E-state index in [4.69, 9.17) is 19.0 Å². The summed E-state index contributed by atoms with van der Waals surface area (Å²) in [6, 6.07) is 13.1. The number of carbonyl (C=O) groups is 1. The first kappa shape index (κ1) is 20.4. The molecule has 0 aliphatic rings. The van der Waals surface area contributed by atoms with Crippen molar-refractivity contribution >= 4 is 16.9 Å². The van der Waals surface area contributed by atoms with Gasteiger partial charge in [-0.3, -0.25) is 4.79 Å². The largest absolute Gasteiger partial charge is 0.491 e. The molecule has 0 radical (unpaired) electrons. The number of para-hydroxylation sites is 1. The van der Waals surface area contributed by atoms with Gasteiger partial charge in [-0.2, -0.15) is 0 Å². The quantitative estimate of drug-likeness (QED) is 0.570. The van der Waals surface area contributed by atoms with Gasteiger partial charge in [0.05, 0.1) is 5.39 Å². The fourth-order valence-corrected chi connectivity index (χ4v) is 2.88. The van der Waals surface area contributed by atoms with E-state index in [0.29, 0.717) is 5.75 Å².